The molecule has 0 aliphatic carbocycles. The average molecular weight is 348 g/mol. The van der Waals surface area contributed by atoms with Crippen molar-refractivity contribution < 1.29 is 9.47 Å². The minimum atomic E-state index is 0.119. The first-order valence-corrected chi connectivity index (χ1v) is 8.95. The molecule has 25 heavy (non-hydrogen) atoms. The third-order valence-corrected chi connectivity index (χ3v) is 4.86. The van der Waals surface area contributed by atoms with Crippen LogP contribution in [0.2, 0.25) is 0 Å². The van der Waals surface area contributed by atoms with Gasteiger partial charge in [0.05, 0.1) is 6.54 Å². The van der Waals surface area contributed by atoms with Crippen molar-refractivity contribution in [3.63, 3.8) is 0 Å². The molecule has 0 aromatic heterocycles. The third kappa shape index (κ3) is 5.90. The zero-order valence-corrected chi connectivity index (χ0v) is 16.0. The van der Waals surface area contributed by atoms with Gasteiger partial charge < -0.3 is 25.0 Å². The highest BCUT2D eigenvalue weighted by Gasteiger charge is 2.34. The lowest BCUT2D eigenvalue weighted by molar-refractivity contribution is -0.00501. The van der Waals surface area contributed by atoms with Crippen LogP contribution in [0.15, 0.2) is 29.3 Å². The number of hydrogen-bond acceptors (Lipinski definition) is 4. The van der Waals surface area contributed by atoms with Crippen LogP contribution in [-0.4, -0.2) is 70.5 Å². The Labute approximate surface area is 151 Å². The van der Waals surface area contributed by atoms with Gasteiger partial charge in [0, 0.05) is 32.3 Å². The topological polar surface area (TPSA) is 58.1 Å². The molecule has 0 unspecified atom stereocenters. The van der Waals surface area contributed by atoms with Crippen LogP contribution in [-0.2, 0) is 4.74 Å². The molecule has 0 atom stereocenters. The first-order valence-electron chi connectivity index (χ1n) is 8.95. The minimum Gasteiger partial charge on any atom is -0.492 e. The van der Waals surface area contributed by atoms with Gasteiger partial charge >= 0.3 is 0 Å². The van der Waals surface area contributed by atoms with Crippen LogP contribution >= 0.6 is 0 Å². The van der Waals surface area contributed by atoms with Gasteiger partial charge in [-0.15, -0.1) is 0 Å². The summed E-state index contributed by atoms with van der Waals surface area (Å²) in [6.07, 6.45) is 2.06. The summed E-state index contributed by atoms with van der Waals surface area (Å²) < 4.78 is 11.3. The molecule has 0 bridgehead atoms. The van der Waals surface area contributed by atoms with Gasteiger partial charge in [-0.1, -0.05) is 17.7 Å². The Balaban J connectivity index is 1.73. The van der Waals surface area contributed by atoms with Crippen molar-refractivity contribution in [2.75, 3.05) is 54.1 Å². The second-order valence-corrected chi connectivity index (χ2v) is 6.75. The molecule has 140 valence electrons. The summed E-state index contributed by atoms with van der Waals surface area (Å²) >= 11 is 0. The maximum atomic E-state index is 5.74. The van der Waals surface area contributed by atoms with Crippen molar-refractivity contribution >= 4 is 5.96 Å². The maximum Gasteiger partial charge on any atom is 0.191 e. The van der Waals surface area contributed by atoms with E-state index in [-0.39, 0.29) is 5.54 Å². The lowest BCUT2D eigenvalue weighted by Crippen LogP contribution is -2.57. The van der Waals surface area contributed by atoms with Crippen molar-refractivity contribution in [2.45, 2.75) is 25.3 Å². The predicted octanol–water partition coefficient (Wildman–Crippen LogP) is 1.65. The Morgan fingerprint density at radius 2 is 1.88 bits per heavy atom. The van der Waals surface area contributed by atoms with E-state index < -0.39 is 0 Å². The molecule has 1 heterocycles. The van der Waals surface area contributed by atoms with E-state index in [1.54, 1.807) is 7.05 Å². The number of aliphatic imine (C=N–C) groups is 1. The van der Waals surface area contributed by atoms with Gasteiger partial charge in [0.1, 0.15) is 12.4 Å². The van der Waals surface area contributed by atoms with E-state index in [0.717, 1.165) is 44.3 Å². The number of aryl methyl sites for hydroxylation is 1. The highest BCUT2D eigenvalue weighted by Crippen LogP contribution is 2.24. The van der Waals surface area contributed by atoms with Crippen molar-refractivity contribution in [3.8, 4) is 5.75 Å². The van der Waals surface area contributed by atoms with Gasteiger partial charge in [-0.2, -0.15) is 0 Å². The predicted molar refractivity (Wildman–Crippen MR) is 103 cm³/mol. The maximum absolute atomic E-state index is 5.74. The number of likely N-dealkylation sites (N-methyl/N-ethyl adjacent to an activating group) is 1. The van der Waals surface area contributed by atoms with Crippen LogP contribution in [0.25, 0.3) is 0 Å². The lowest BCUT2D eigenvalue weighted by atomic mass is 9.88. The monoisotopic (exact) mass is 348 g/mol. The van der Waals surface area contributed by atoms with Crippen LogP contribution in [0.5, 0.6) is 5.75 Å². The molecule has 1 aliphatic heterocycles. The fourth-order valence-electron chi connectivity index (χ4n) is 2.98. The first kappa shape index (κ1) is 19.5. The van der Waals surface area contributed by atoms with Crippen molar-refractivity contribution in [2.24, 2.45) is 4.99 Å². The molecule has 6 heteroatoms. The van der Waals surface area contributed by atoms with Crippen LogP contribution < -0.4 is 15.4 Å². The highest BCUT2D eigenvalue weighted by atomic mass is 16.5. The lowest BCUT2D eigenvalue weighted by Gasteiger charge is -2.43. The van der Waals surface area contributed by atoms with Gasteiger partial charge in [0.15, 0.2) is 5.96 Å². The summed E-state index contributed by atoms with van der Waals surface area (Å²) in [6, 6.07) is 8.10. The number of guanidine groups is 1. The number of nitrogens with zero attached hydrogens (tertiary/aromatic N) is 2. The quantitative estimate of drug-likeness (QED) is 0.446. The third-order valence-electron chi connectivity index (χ3n) is 4.86. The molecule has 1 aromatic rings. The van der Waals surface area contributed by atoms with Gasteiger partial charge in [-0.25, -0.2) is 0 Å². The highest BCUT2D eigenvalue weighted by molar-refractivity contribution is 5.79. The molecule has 0 saturated carbocycles. The SMILES string of the molecule is CN=C(NCCOc1ccc(C)cc1)NCC1(N(C)C)CCOCC1. The molecule has 2 rings (SSSR count). The van der Waals surface area contributed by atoms with Gasteiger partial charge in [0.25, 0.3) is 0 Å². The summed E-state index contributed by atoms with van der Waals surface area (Å²) in [4.78, 5) is 6.61. The van der Waals surface area contributed by atoms with Gasteiger partial charge in [-0.05, 0) is 46.0 Å². The molecule has 0 spiro atoms. The minimum absolute atomic E-state index is 0.119. The fourth-order valence-corrected chi connectivity index (χ4v) is 2.98. The second kappa shape index (κ2) is 9.63. The Kier molecular flexibility index (Phi) is 7.52. The standard InChI is InChI=1S/C19H32N4O2/c1-16-5-7-17(8-6-16)25-14-11-21-18(20-2)22-15-19(23(3)4)9-12-24-13-10-19/h5-8H,9-15H2,1-4H3,(H2,20,21,22). The number of nitrogens with one attached hydrogen (secondary N) is 2. The molecule has 1 saturated heterocycles. The second-order valence-electron chi connectivity index (χ2n) is 6.75. The summed E-state index contributed by atoms with van der Waals surface area (Å²) in [5.41, 5.74) is 1.35. The first-order chi connectivity index (χ1) is 12.1. The van der Waals surface area contributed by atoms with Crippen LogP contribution in [0.1, 0.15) is 18.4 Å². The summed E-state index contributed by atoms with van der Waals surface area (Å²) in [5, 5.41) is 6.76. The molecule has 0 radical (unpaired) electrons. The average Bonchev–Trinajstić information content (AvgIpc) is 2.63. The molecular formula is C19H32N4O2. The molecule has 0 amide bonds. The molecule has 1 fully saturated rings. The number of hydrogen-bond donors (Lipinski definition) is 2. The van der Waals surface area contributed by atoms with Crippen LogP contribution in [0.4, 0.5) is 0 Å². The molecular weight excluding hydrogens is 316 g/mol. The van der Waals surface area contributed by atoms with E-state index in [9.17, 15) is 0 Å². The number of rotatable bonds is 7. The number of benzene rings is 1. The smallest absolute Gasteiger partial charge is 0.191 e. The Bertz CT molecular complexity index is 537. The van der Waals surface area contributed by atoms with E-state index in [4.69, 9.17) is 9.47 Å². The number of ether oxygens (including phenoxy) is 2. The van der Waals surface area contributed by atoms with E-state index >= 15 is 0 Å². The van der Waals surface area contributed by atoms with Crippen LogP contribution in [0.3, 0.4) is 0 Å². The molecule has 1 aromatic carbocycles. The largest absolute Gasteiger partial charge is 0.492 e. The Hall–Kier alpha value is -1.79. The summed E-state index contributed by atoms with van der Waals surface area (Å²) in [5.74, 6) is 1.70. The molecule has 2 N–H and O–H groups in total. The van der Waals surface area contributed by atoms with Crippen molar-refractivity contribution in [1.29, 1.82) is 0 Å². The normalized spacial score (nSPS) is 17.4. The summed E-state index contributed by atoms with van der Waals surface area (Å²) in [6.45, 7) is 5.84. The Morgan fingerprint density at radius 3 is 2.48 bits per heavy atom. The van der Waals surface area contributed by atoms with Crippen LogP contribution in [0, 0.1) is 6.92 Å². The van der Waals surface area contributed by atoms with E-state index in [1.165, 1.54) is 5.56 Å². The molecule has 1 aliphatic rings. The van der Waals surface area contributed by atoms with Crippen molar-refractivity contribution in [3.05, 3.63) is 29.8 Å². The molecule has 6 nitrogen and oxygen atoms in total. The van der Waals surface area contributed by atoms with E-state index in [2.05, 4.69) is 53.7 Å². The zero-order chi connectivity index (χ0) is 18.1. The zero-order valence-electron chi connectivity index (χ0n) is 16.0. The van der Waals surface area contributed by atoms with Gasteiger partial charge in [0.2, 0.25) is 0 Å². The fraction of sp³-hybridized carbons (Fsp3) is 0.632. The van der Waals surface area contributed by atoms with Crippen molar-refractivity contribution in [1.82, 2.24) is 15.5 Å². The van der Waals surface area contributed by atoms with E-state index in [0.29, 0.717) is 13.2 Å². The summed E-state index contributed by atoms with van der Waals surface area (Å²) in [7, 11) is 6.07. The van der Waals surface area contributed by atoms with E-state index in [1.807, 2.05) is 12.1 Å². The van der Waals surface area contributed by atoms with Gasteiger partial charge in [-0.3, -0.25) is 4.99 Å². The Morgan fingerprint density at radius 1 is 1.20 bits per heavy atom.